The van der Waals surface area contributed by atoms with Crippen molar-refractivity contribution in [2.24, 2.45) is 14.1 Å². The molecule has 0 aliphatic carbocycles. The number of hydrogen-bond acceptors (Lipinski definition) is 3. The molecule has 2 heterocycles. The van der Waals surface area contributed by atoms with Crippen LogP contribution < -0.4 is 5.32 Å². The van der Waals surface area contributed by atoms with E-state index < -0.39 is 0 Å². The standard InChI is InChI=1S/C15H19N5/c1-11(15-18-17-10-20(15)3)16-8-12-9-19(2)14-7-5-4-6-13(12)14/h4-7,9-11,16H,8H2,1-3H3. The van der Waals surface area contributed by atoms with Gasteiger partial charge in [-0.2, -0.15) is 0 Å². The number of hydrogen-bond donors (Lipinski definition) is 1. The Balaban J connectivity index is 1.79. The van der Waals surface area contributed by atoms with Gasteiger partial charge in [-0.3, -0.25) is 0 Å². The molecular formula is C15H19N5. The molecule has 2 aromatic heterocycles. The minimum atomic E-state index is 0.168. The van der Waals surface area contributed by atoms with Crippen molar-refractivity contribution in [3.05, 3.63) is 48.2 Å². The molecule has 1 unspecified atom stereocenters. The lowest BCUT2D eigenvalue weighted by Gasteiger charge is -2.12. The highest BCUT2D eigenvalue weighted by Gasteiger charge is 2.12. The number of para-hydroxylation sites is 1. The van der Waals surface area contributed by atoms with E-state index in [0.717, 1.165) is 12.4 Å². The minimum absolute atomic E-state index is 0.168. The van der Waals surface area contributed by atoms with Gasteiger partial charge in [0.05, 0.1) is 6.04 Å². The average Bonchev–Trinajstić information content (AvgIpc) is 3.01. The molecule has 0 aliphatic rings. The molecule has 0 saturated carbocycles. The SMILES string of the molecule is CC(NCc1cn(C)c2ccccc12)c1nncn1C. The van der Waals surface area contributed by atoms with Crippen molar-refractivity contribution in [1.29, 1.82) is 0 Å². The summed E-state index contributed by atoms with van der Waals surface area (Å²) in [4.78, 5) is 0. The van der Waals surface area contributed by atoms with Crippen molar-refractivity contribution in [1.82, 2.24) is 24.6 Å². The Morgan fingerprint density at radius 2 is 2.00 bits per heavy atom. The van der Waals surface area contributed by atoms with Gasteiger partial charge < -0.3 is 14.5 Å². The van der Waals surface area contributed by atoms with E-state index in [1.165, 1.54) is 16.5 Å². The van der Waals surface area contributed by atoms with Crippen molar-refractivity contribution < 1.29 is 0 Å². The molecule has 3 aromatic rings. The van der Waals surface area contributed by atoms with Crippen molar-refractivity contribution in [2.75, 3.05) is 0 Å². The first-order chi connectivity index (χ1) is 9.66. The zero-order valence-electron chi connectivity index (χ0n) is 12.0. The zero-order valence-corrected chi connectivity index (χ0v) is 12.0. The van der Waals surface area contributed by atoms with E-state index >= 15 is 0 Å². The van der Waals surface area contributed by atoms with Gasteiger partial charge in [0.1, 0.15) is 12.2 Å². The van der Waals surface area contributed by atoms with E-state index in [4.69, 9.17) is 0 Å². The molecule has 5 heteroatoms. The lowest BCUT2D eigenvalue weighted by atomic mass is 10.1. The Morgan fingerprint density at radius 1 is 1.20 bits per heavy atom. The lowest BCUT2D eigenvalue weighted by Crippen LogP contribution is -2.20. The maximum Gasteiger partial charge on any atom is 0.149 e. The number of benzene rings is 1. The Hall–Kier alpha value is -2.14. The van der Waals surface area contributed by atoms with Crippen LogP contribution in [0.5, 0.6) is 0 Å². The van der Waals surface area contributed by atoms with Crippen LogP contribution in [-0.4, -0.2) is 19.3 Å². The molecule has 0 amide bonds. The molecular weight excluding hydrogens is 250 g/mol. The first-order valence-corrected chi connectivity index (χ1v) is 6.77. The van der Waals surface area contributed by atoms with Crippen LogP contribution in [0.4, 0.5) is 0 Å². The van der Waals surface area contributed by atoms with Crippen molar-refractivity contribution in [3.8, 4) is 0 Å². The molecule has 5 nitrogen and oxygen atoms in total. The third kappa shape index (κ3) is 2.20. The number of fused-ring (bicyclic) bond motifs is 1. The van der Waals surface area contributed by atoms with E-state index in [1.54, 1.807) is 6.33 Å². The van der Waals surface area contributed by atoms with Gasteiger partial charge in [0, 0.05) is 37.7 Å². The van der Waals surface area contributed by atoms with Gasteiger partial charge in [0.2, 0.25) is 0 Å². The summed E-state index contributed by atoms with van der Waals surface area (Å²) < 4.78 is 4.11. The Morgan fingerprint density at radius 3 is 2.75 bits per heavy atom. The molecule has 3 rings (SSSR count). The van der Waals surface area contributed by atoms with Crippen LogP contribution in [0, 0.1) is 0 Å². The minimum Gasteiger partial charge on any atom is -0.350 e. The number of aromatic nitrogens is 4. The van der Waals surface area contributed by atoms with Crippen LogP contribution in [0.15, 0.2) is 36.8 Å². The fraction of sp³-hybridized carbons (Fsp3) is 0.333. The average molecular weight is 269 g/mol. The van der Waals surface area contributed by atoms with E-state index in [9.17, 15) is 0 Å². The van der Waals surface area contributed by atoms with Crippen LogP contribution in [0.25, 0.3) is 10.9 Å². The number of rotatable bonds is 4. The molecule has 1 N–H and O–H groups in total. The van der Waals surface area contributed by atoms with E-state index in [-0.39, 0.29) is 6.04 Å². The fourth-order valence-corrected chi connectivity index (χ4v) is 2.60. The quantitative estimate of drug-likeness (QED) is 0.789. The Labute approximate surface area is 118 Å². The molecule has 0 spiro atoms. The Kier molecular flexibility index (Phi) is 3.28. The normalized spacial score (nSPS) is 12.9. The van der Waals surface area contributed by atoms with Gasteiger partial charge in [-0.15, -0.1) is 10.2 Å². The molecule has 0 bridgehead atoms. The third-order valence-corrected chi connectivity index (χ3v) is 3.71. The fourth-order valence-electron chi connectivity index (χ4n) is 2.60. The second-order valence-electron chi connectivity index (χ2n) is 5.19. The highest BCUT2D eigenvalue weighted by atomic mass is 15.3. The van der Waals surface area contributed by atoms with Crippen molar-refractivity contribution in [3.63, 3.8) is 0 Å². The van der Waals surface area contributed by atoms with Crippen LogP contribution >= 0.6 is 0 Å². The van der Waals surface area contributed by atoms with E-state index in [1.807, 2.05) is 11.6 Å². The number of nitrogens with zero attached hydrogens (tertiary/aromatic N) is 4. The predicted molar refractivity (Wildman–Crippen MR) is 79.2 cm³/mol. The van der Waals surface area contributed by atoms with Gasteiger partial charge >= 0.3 is 0 Å². The molecule has 0 fully saturated rings. The summed E-state index contributed by atoms with van der Waals surface area (Å²) in [5.74, 6) is 0.949. The summed E-state index contributed by atoms with van der Waals surface area (Å²) in [6.07, 6.45) is 3.91. The van der Waals surface area contributed by atoms with Gasteiger partial charge in [-0.25, -0.2) is 0 Å². The maximum atomic E-state index is 4.14. The maximum absolute atomic E-state index is 4.14. The summed E-state index contributed by atoms with van der Waals surface area (Å²) in [5.41, 5.74) is 2.56. The summed E-state index contributed by atoms with van der Waals surface area (Å²) in [6.45, 7) is 2.92. The molecule has 104 valence electrons. The first kappa shape index (κ1) is 12.9. The molecule has 0 aliphatic heterocycles. The second-order valence-corrected chi connectivity index (χ2v) is 5.19. The highest BCUT2D eigenvalue weighted by Crippen LogP contribution is 2.20. The first-order valence-electron chi connectivity index (χ1n) is 6.77. The second kappa shape index (κ2) is 5.09. The molecule has 1 atom stereocenters. The molecule has 0 radical (unpaired) electrons. The Bertz CT molecular complexity index is 725. The largest absolute Gasteiger partial charge is 0.350 e. The van der Waals surface area contributed by atoms with E-state index in [2.05, 4.69) is 64.5 Å². The lowest BCUT2D eigenvalue weighted by molar-refractivity contribution is 0.529. The zero-order chi connectivity index (χ0) is 14.1. The summed E-state index contributed by atoms with van der Waals surface area (Å²) in [6, 6.07) is 8.63. The monoisotopic (exact) mass is 269 g/mol. The van der Waals surface area contributed by atoms with Gasteiger partial charge in [-0.1, -0.05) is 18.2 Å². The van der Waals surface area contributed by atoms with Gasteiger partial charge in [-0.05, 0) is 18.6 Å². The van der Waals surface area contributed by atoms with Crippen molar-refractivity contribution in [2.45, 2.75) is 19.5 Å². The smallest absolute Gasteiger partial charge is 0.149 e. The number of nitrogens with one attached hydrogen (secondary N) is 1. The topological polar surface area (TPSA) is 47.7 Å². The summed E-state index contributed by atoms with van der Waals surface area (Å²) in [5, 5.41) is 12.9. The van der Waals surface area contributed by atoms with Crippen molar-refractivity contribution >= 4 is 10.9 Å². The van der Waals surface area contributed by atoms with E-state index in [0.29, 0.717) is 0 Å². The molecule has 0 saturated heterocycles. The van der Waals surface area contributed by atoms with Crippen LogP contribution in [0.3, 0.4) is 0 Å². The predicted octanol–water partition coefficient (Wildman–Crippen LogP) is 2.16. The summed E-state index contributed by atoms with van der Waals surface area (Å²) in [7, 11) is 4.05. The number of aryl methyl sites for hydroxylation is 2. The van der Waals surface area contributed by atoms with Crippen LogP contribution in [0.1, 0.15) is 24.4 Å². The highest BCUT2D eigenvalue weighted by molar-refractivity contribution is 5.83. The summed E-state index contributed by atoms with van der Waals surface area (Å²) >= 11 is 0. The van der Waals surface area contributed by atoms with Crippen LogP contribution in [0.2, 0.25) is 0 Å². The van der Waals surface area contributed by atoms with Gasteiger partial charge in [0.25, 0.3) is 0 Å². The van der Waals surface area contributed by atoms with Crippen LogP contribution in [-0.2, 0) is 20.6 Å². The third-order valence-electron chi connectivity index (χ3n) is 3.71. The molecule has 1 aromatic carbocycles. The van der Waals surface area contributed by atoms with Gasteiger partial charge in [0.15, 0.2) is 0 Å². The molecule has 20 heavy (non-hydrogen) atoms.